The van der Waals surface area contributed by atoms with Gasteiger partial charge in [0, 0.05) is 11.3 Å². The second-order valence-electron chi connectivity index (χ2n) is 5.37. The molecule has 25 heavy (non-hydrogen) atoms. The first-order chi connectivity index (χ1) is 12.1. The summed E-state index contributed by atoms with van der Waals surface area (Å²) in [5.41, 5.74) is 3.55. The number of benzene rings is 3. The quantitative estimate of drug-likeness (QED) is 0.494. The summed E-state index contributed by atoms with van der Waals surface area (Å²) in [4.78, 5) is 11.8. The first kappa shape index (κ1) is 16.4. The molecule has 0 radical (unpaired) electrons. The summed E-state index contributed by atoms with van der Waals surface area (Å²) in [6.07, 6.45) is 1.41. The minimum atomic E-state index is -0.361. The molecule has 0 atom stereocenters. The average Bonchev–Trinajstić information content (AvgIpc) is 2.63. The van der Waals surface area contributed by atoms with Crippen LogP contribution < -0.4 is 10.7 Å². The van der Waals surface area contributed by atoms with Crippen LogP contribution in [0.2, 0.25) is 0 Å². The third-order valence-corrected chi connectivity index (χ3v) is 3.63. The van der Waals surface area contributed by atoms with Gasteiger partial charge in [0.1, 0.15) is 11.6 Å². The Balaban J connectivity index is 1.62. The SMILES string of the molecule is O=C(CNc1ccc(F)cc1)N/N=C\c1c(O)ccc2ccccc12. The minimum Gasteiger partial charge on any atom is -0.507 e. The highest BCUT2D eigenvalue weighted by molar-refractivity contribution is 6.02. The lowest BCUT2D eigenvalue weighted by Gasteiger charge is -2.06. The van der Waals surface area contributed by atoms with E-state index in [2.05, 4.69) is 15.8 Å². The number of nitrogens with one attached hydrogen (secondary N) is 2. The van der Waals surface area contributed by atoms with E-state index in [0.29, 0.717) is 11.3 Å². The normalized spacial score (nSPS) is 10.9. The van der Waals surface area contributed by atoms with Crippen LogP contribution in [0.1, 0.15) is 5.56 Å². The Morgan fingerprint density at radius 2 is 1.84 bits per heavy atom. The van der Waals surface area contributed by atoms with Crippen LogP contribution in [0.4, 0.5) is 10.1 Å². The third-order valence-electron chi connectivity index (χ3n) is 3.63. The zero-order valence-corrected chi connectivity index (χ0v) is 13.2. The van der Waals surface area contributed by atoms with Gasteiger partial charge in [-0.3, -0.25) is 4.79 Å². The van der Waals surface area contributed by atoms with Gasteiger partial charge in [-0.25, -0.2) is 9.82 Å². The Labute approximate surface area is 143 Å². The summed E-state index contributed by atoms with van der Waals surface area (Å²) in [7, 11) is 0. The van der Waals surface area contributed by atoms with Gasteiger partial charge in [0.05, 0.1) is 12.8 Å². The van der Waals surface area contributed by atoms with Crippen molar-refractivity contribution in [3.05, 3.63) is 72.0 Å². The van der Waals surface area contributed by atoms with Crippen molar-refractivity contribution in [2.24, 2.45) is 5.10 Å². The van der Waals surface area contributed by atoms with Gasteiger partial charge >= 0.3 is 0 Å². The lowest BCUT2D eigenvalue weighted by Crippen LogP contribution is -2.25. The molecule has 6 heteroatoms. The molecule has 5 nitrogen and oxygen atoms in total. The predicted octanol–water partition coefficient (Wildman–Crippen LogP) is 3.25. The van der Waals surface area contributed by atoms with Crippen molar-refractivity contribution < 1.29 is 14.3 Å². The van der Waals surface area contributed by atoms with Gasteiger partial charge in [-0.15, -0.1) is 0 Å². The maximum Gasteiger partial charge on any atom is 0.259 e. The van der Waals surface area contributed by atoms with E-state index in [1.54, 1.807) is 18.2 Å². The molecule has 3 aromatic rings. The van der Waals surface area contributed by atoms with Crippen LogP contribution in [0, 0.1) is 5.82 Å². The molecule has 0 saturated heterocycles. The Hall–Kier alpha value is -3.41. The topological polar surface area (TPSA) is 73.7 Å². The number of fused-ring (bicyclic) bond motifs is 1. The fourth-order valence-electron chi connectivity index (χ4n) is 2.38. The second-order valence-corrected chi connectivity index (χ2v) is 5.37. The summed E-state index contributed by atoms with van der Waals surface area (Å²) >= 11 is 0. The molecule has 0 fully saturated rings. The van der Waals surface area contributed by atoms with E-state index in [4.69, 9.17) is 0 Å². The zero-order chi connectivity index (χ0) is 17.6. The van der Waals surface area contributed by atoms with E-state index < -0.39 is 0 Å². The number of anilines is 1. The summed E-state index contributed by atoms with van der Waals surface area (Å²) < 4.78 is 12.8. The highest BCUT2D eigenvalue weighted by atomic mass is 19.1. The molecule has 0 spiro atoms. The molecule has 0 aliphatic carbocycles. The molecule has 0 aromatic heterocycles. The molecule has 0 aliphatic heterocycles. The van der Waals surface area contributed by atoms with Crippen molar-refractivity contribution in [1.29, 1.82) is 0 Å². The van der Waals surface area contributed by atoms with Gasteiger partial charge < -0.3 is 10.4 Å². The van der Waals surface area contributed by atoms with Crippen molar-refractivity contribution in [2.45, 2.75) is 0 Å². The number of hydrazone groups is 1. The number of phenolic OH excluding ortho intramolecular Hbond substituents is 1. The molecule has 126 valence electrons. The van der Waals surface area contributed by atoms with Gasteiger partial charge in [0.25, 0.3) is 5.91 Å². The number of hydrogen-bond donors (Lipinski definition) is 3. The molecule has 0 aliphatic rings. The van der Waals surface area contributed by atoms with Crippen LogP contribution in [0.15, 0.2) is 65.8 Å². The summed E-state index contributed by atoms with van der Waals surface area (Å²) in [5, 5.41) is 18.6. The Morgan fingerprint density at radius 3 is 2.64 bits per heavy atom. The number of nitrogens with zero attached hydrogens (tertiary/aromatic N) is 1. The number of carbonyl (C=O) groups is 1. The van der Waals surface area contributed by atoms with E-state index in [-0.39, 0.29) is 24.0 Å². The predicted molar refractivity (Wildman–Crippen MR) is 96.2 cm³/mol. The maximum absolute atomic E-state index is 12.8. The van der Waals surface area contributed by atoms with Crippen LogP contribution >= 0.6 is 0 Å². The molecule has 0 bridgehead atoms. The van der Waals surface area contributed by atoms with Gasteiger partial charge in [-0.2, -0.15) is 5.10 Å². The summed E-state index contributed by atoms with van der Waals surface area (Å²) in [6, 6.07) is 16.7. The van der Waals surface area contributed by atoms with E-state index in [9.17, 15) is 14.3 Å². The lowest BCUT2D eigenvalue weighted by atomic mass is 10.0. The number of halogens is 1. The number of aromatic hydroxyl groups is 1. The highest BCUT2D eigenvalue weighted by Crippen LogP contribution is 2.25. The van der Waals surface area contributed by atoms with Crippen LogP contribution in [0.3, 0.4) is 0 Å². The van der Waals surface area contributed by atoms with Crippen LogP contribution in [-0.2, 0) is 4.79 Å². The van der Waals surface area contributed by atoms with Gasteiger partial charge in [-0.1, -0.05) is 30.3 Å². The fourth-order valence-corrected chi connectivity index (χ4v) is 2.38. The van der Waals surface area contributed by atoms with E-state index in [0.717, 1.165) is 10.8 Å². The number of hydrogen-bond acceptors (Lipinski definition) is 4. The van der Waals surface area contributed by atoms with Crippen LogP contribution in [0.5, 0.6) is 5.75 Å². The van der Waals surface area contributed by atoms with Gasteiger partial charge in [-0.05, 0) is 41.1 Å². The molecule has 3 aromatic carbocycles. The smallest absolute Gasteiger partial charge is 0.259 e. The van der Waals surface area contributed by atoms with E-state index >= 15 is 0 Å². The van der Waals surface area contributed by atoms with E-state index in [1.807, 2.05) is 30.3 Å². The van der Waals surface area contributed by atoms with Crippen LogP contribution in [-0.4, -0.2) is 23.8 Å². The Bertz CT molecular complexity index is 924. The molecule has 3 rings (SSSR count). The second kappa shape index (κ2) is 7.44. The molecular formula is C19H16FN3O2. The largest absolute Gasteiger partial charge is 0.507 e. The van der Waals surface area contributed by atoms with E-state index in [1.165, 1.54) is 18.3 Å². The molecule has 3 N–H and O–H groups in total. The number of rotatable bonds is 5. The number of amides is 1. The Kier molecular flexibility index (Phi) is 4.89. The van der Waals surface area contributed by atoms with Crippen molar-refractivity contribution in [1.82, 2.24) is 5.43 Å². The van der Waals surface area contributed by atoms with Crippen molar-refractivity contribution in [3.8, 4) is 5.75 Å². The third kappa shape index (κ3) is 4.11. The molecular weight excluding hydrogens is 321 g/mol. The monoisotopic (exact) mass is 337 g/mol. The molecule has 0 saturated carbocycles. The maximum atomic E-state index is 12.8. The van der Waals surface area contributed by atoms with Crippen LogP contribution in [0.25, 0.3) is 10.8 Å². The minimum absolute atomic E-state index is 0.00943. The van der Waals surface area contributed by atoms with Gasteiger partial charge in [0.2, 0.25) is 0 Å². The van der Waals surface area contributed by atoms with Gasteiger partial charge in [0.15, 0.2) is 0 Å². The average molecular weight is 337 g/mol. The highest BCUT2D eigenvalue weighted by Gasteiger charge is 2.05. The van der Waals surface area contributed by atoms with Crippen molar-refractivity contribution >= 4 is 28.6 Å². The first-order valence-corrected chi connectivity index (χ1v) is 7.65. The molecule has 0 heterocycles. The fraction of sp³-hybridized carbons (Fsp3) is 0.0526. The Morgan fingerprint density at radius 1 is 1.08 bits per heavy atom. The summed E-state index contributed by atoms with van der Waals surface area (Å²) in [5.74, 6) is -0.615. The number of phenols is 1. The lowest BCUT2D eigenvalue weighted by molar-refractivity contribution is -0.119. The number of carbonyl (C=O) groups excluding carboxylic acids is 1. The molecule has 0 unspecified atom stereocenters. The van der Waals surface area contributed by atoms with Crippen molar-refractivity contribution in [3.63, 3.8) is 0 Å². The standard InChI is InChI=1S/C19H16FN3O2/c20-14-6-8-15(9-7-14)21-12-19(25)23-22-11-17-16-4-2-1-3-13(16)5-10-18(17)24/h1-11,21,24H,12H2,(H,23,25)/b22-11-. The zero-order valence-electron chi connectivity index (χ0n) is 13.2. The summed E-state index contributed by atoms with van der Waals surface area (Å²) in [6.45, 7) is -0.00943. The van der Waals surface area contributed by atoms with Crippen molar-refractivity contribution in [2.75, 3.05) is 11.9 Å². The molecule has 1 amide bonds. The first-order valence-electron chi connectivity index (χ1n) is 7.65.